The Morgan fingerprint density at radius 3 is 2.67 bits per heavy atom. The van der Waals surface area contributed by atoms with Crippen molar-refractivity contribution in [1.82, 2.24) is 0 Å². The highest BCUT2D eigenvalue weighted by Gasteiger charge is 2.23. The summed E-state index contributed by atoms with van der Waals surface area (Å²) in [5.74, 6) is -0.907. The maximum atomic E-state index is 11.6. The van der Waals surface area contributed by atoms with Crippen LogP contribution in [0.3, 0.4) is 0 Å². The van der Waals surface area contributed by atoms with Crippen molar-refractivity contribution in [1.29, 1.82) is 0 Å². The van der Waals surface area contributed by atoms with Gasteiger partial charge in [0, 0.05) is 4.88 Å². The van der Waals surface area contributed by atoms with Crippen LogP contribution >= 0.6 is 22.9 Å². The lowest BCUT2D eigenvalue weighted by atomic mass is 10.1. The summed E-state index contributed by atoms with van der Waals surface area (Å²) in [6.07, 6.45) is 5.17. The van der Waals surface area contributed by atoms with Crippen LogP contribution in [0.4, 0.5) is 5.00 Å². The number of hydrogen-bond donors (Lipinski definition) is 2. The zero-order valence-corrected chi connectivity index (χ0v) is 11.5. The molecular weight excluding hydrogens is 272 g/mol. The molecule has 0 bridgehead atoms. The highest BCUT2D eigenvalue weighted by molar-refractivity contribution is 7.17. The third kappa shape index (κ3) is 2.67. The Kier molecular flexibility index (Phi) is 4.24. The molecule has 0 unspecified atom stereocenters. The number of nitrogens with one attached hydrogen (secondary N) is 1. The van der Waals surface area contributed by atoms with Crippen LogP contribution in [0.5, 0.6) is 0 Å². The van der Waals surface area contributed by atoms with Crippen molar-refractivity contribution in [2.75, 3.05) is 11.2 Å². The van der Waals surface area contributed by atoms with Gasteiger partial charge in [-0.15, -0.1) is 22.9 Å². The van der Waals surface area contributed by atoms with Gasteiger partial charge in [0.05, 0.1) is 5.56 Å². The first-order valence-corrected chi connectivity index (χ1v) is 7.28. The van der Waals surface area contributed by atoms with Crippen LogP contribution in [0.25, 0.3) is 0 Å². The van der Waals surface area contributed by atoms with E-state index in [9.17, 15) is 9.59 Å². The van der Waals surface area contributed by atoms with Gasteiger partial charge in [0.2, 0.25) is 5.91 Å². The van der Waals surface area contributed by atoms with Crippen LogP contribution in [-0.4, -0.2) is 17.7 Å². The molecule has 0 aromatic carbocycles. The first-order valence-electron chi connectivity index (χ1n) is 5.93. The number of anilines is 1. The topological polar surface area (TPSA) is 72.2 Å². The number of aryl methyl sites for hydroxylation is 1. The Morgan fingerprint density at radius 1 is 1.28 bits per heavy atom. The fourth-order valence-electron chi connectivity index (χ4n) is 2.25. The van der Waals surface area contributed by atoms with E-state index in [1.807, 2.05) is 0 Å². The van der Waals surface area contributed by atoms with E-state index >= 15 is 0 Å². The van der Waals surface area contributed by atoms with Crippen LogP contribution in [-0.2, 0) is 17.6 Å². The van der Waals surface area contributed by atoms with Crippen LogP contribution in [0.15, 0.2) is 0 Å². The van der Waals surface area contributed by atoms with Gasteiger partial charge < -0.3 is 11.1 Å². The highest BCUT2D eigenvalue weighted by Crippen LogP contribution is 2.37. The highest BCUT2D eigenvalue weighted by atomic mass is 35.5. The minimum atomic E-state index is -0.473. The Balaban J connectivity index is 2.40. The summed E-state index contributed by atoms with van der Waals surface area (Å²) in [6, 6.07) is 0. The standard InChI is InChI=1S/C12H15ClN2O2S/c13-6-9(16)15-12-10(11(14)17)7-4-2-1-3-5-8(7)18-12/h1-6H2,(H2,14,17)(H,15,16). The molecule has 1 heterocycles. The Hall–Kier alpha value is -1.07. The van der Waals surface area contributed by atoms with E-state index in [0.717, 1.165) is 31.2 Å². The molecule has 0 saturated heterocycles. The normalized spacial score (nSPS) is 14.7. The summed E-state index contributed by atoms with van der Waals surface area (Å²) in [6.45, 7) is 0. The summed E-state index contributed by atoms with van der Waals surface area (Å²) in [5, 5.41) is 3.22. The predicted octanol–water partition coefficient (Wildman–Crippen LogP) is 2.29. The maximum absolute atomic E-state index is 11.6. The number of amides is 2. The molecule has 0 atom stereocenters. The number of primary amides is 1. The fourth-order valence-corrected chi connectivity index (χ4v) is 3.63. The molecule has 0 radical (unpaired) electrons. The van der Waals surface area contributed by atoms with Crippen molar-refractivity contribution in [3.8, 4) is 0 Å². The molecule has 0 aliphatic heterocycles. The quantitative estimate of drug-likeness (QED) is 0.661. The molecule has 3 N–H and O–H groups in total. The van der Waals surface area contributed by atoms with Crippen molar-refractivity contribution in [3.63, 3.8) is 0 Å². The third-order valence-electron chi connectivity index (χ3n) is 3.04. The Labute approximate surface area is 115 Å². The molecule has 0 fully saturated rings. The molecule has 18 heavy (non-hydrogen) atoms. The SMILES string of the molecule is NC(=O)c1c(NC(=O)CCl)sc2c1CCCCC2. The van der Waals surface area contributed by atoms with Crippen LogP contribution in [0.1, 0.15) is 40.1 Å². The van der Waals surface area contributed by atoms with Gasteiger partial charge in [-0.25, -0.2) is 0 Å². The smallest absolute Gasteiger partial charge is 0.251 e. The maximum Gasteiger partial charge on any atom is 0.251 e. The molecule has 98 valence electrons. The Bertz CT molecular complexity index is 485. The number of thiophene rings is 1. The van der Waals surface area contributed by atoms with Crippen LogP contribution in [0, 0.1) is 0 Å². The van der Waals surface area contributed by atoms with E-state index in [4.69, 9.17) is 17.3 Å². The molecule has 1 aliphatic rings. The minimum absolute atomic E-state index is 0.124. The minimum Gasteiger partial charge on any atom is -0.365 e. The molecule has 6 heteroatoms. The average molecular weight is 287 g/mol. The van der Waals surface area contributed by atoms with Gasteiger partial charge in [-0.2, -0.15) is 0 Å². The van der Waals surface area contributed by atoms with Gasteiger partial charge in [0.1, 0.15) is 10.9 Å². The first kappa shape index (κ1) is 13.4. The number of nitrogens with two attached hydrogens (primary N) is 1. The largest absolute Gasteiger partial charge is 0.365 e. The van der Waals surface area contributed by atoms with Gasteiger partial charge in [0.25, 0.3) is 5.91 Å². The van der Waals surface area contributed by atoms with E-state index in [-0.39, 0.29) is 11.8 Å². The van der Waals surface area contributed by atoms with Crippen molar-refractivity contribution >= 4 is 39.8 Å². The van der Waals surface area contributed by atoms with Gasteiger partial charge >= 0.3 is 0 Å². The van der Waals surface area contributed by atoms with E-state index in [2.05, 4.69) is 5.32 Å². The second kappa shape index (κ2) is 5.71. The number of hydrogen-bond acceptors (Lipinski definition) is 3. The second-order valence-electron chi connectivity index (χ2n) is 4.31. The number of carbonyl (C=O) groups excluding carboxylic acids is 2. The van der Waals surface area contributed by atoms with Gasteiger partial charge in [0.15, 0.2) is 0 Å². The summed E-state index contributed by atoms with van der Waals surface area (Å²) in [7, 11) is 0. The summed E-state index contributed by atoms with van der Waals surface area (Å²) in [5.41, 5.74) is 6.94. The fraction of sp³-hybridized carbons (Fsp3) is 0.500. The van der Waals surface area contributed by atoms with Crippen molar-refractivity contribution in [3.05, 3.63) is 16.0 Å². The van der Waals surface area contributed by atoms with Crippen molar-refractivity contribution < 1.29 is 9.59 Å². The number of rotatable bonds is 3. The van der Waals surface area contributed by atoms with Gasteiger partial charge in [-0.05, 0) is 31.2 Å². The summed E-state index contributed by atoms with van der Waals surface area (Å²) >= 11 is 6.92. The molecule has 1 aromatic rings. The van der Waals surface area contributed by atoms with E-state index in [1.165, 1.54) is 22.6 Å². The zero-order valence-electron chi connectivity index (χ0n) is 9.92. The van der Waals surface area contributed by atoms with E-state index < -0.39 is 5.91 Å². The number of halogens is 1. The monoisotopic (exact) mass is 286 g/mol. The molecule has 0 saturated carbocycles. The Morgan fingerprint density at radius 2 is 2.00 bits per heavy atom. The van der Waals surface area contributed by atoms with Crippen molar-refractivity contribution in [2.45, 2.75) is 32.1 Å². The molecule has 4 nitrogen and oxygen atoms in total. The lowest BCUT2D eigenvalue weighted by molar-refractivity contribution is -0.113. The first-order chi connectivity index (χ1) is 8.63. The van der Waals surface area contributed by atoms with Crippen molar-refractivity contribution in [2.24, 2.45) is 5.73 Å². The van der Waals surface area contributed by atoms with E-state index in [0.29, 0.717) is 10.6 Å². The third-order valence-corrected chi connectivity index (χ3v) is 4.49. The lowest BCUT2D eigenvalue weighted by Crippen LogP contribution is -2.18. The number of fused-ring (bicyclic) bond motifs is 1. The lowest BCUT2D eigenvalue weighted by Gasteiger charge is -2.04. The predicted molar refractivity (Wildman–Crippen MR) is 73.4 cm³/mol. The number of carbonyl (C=O) groups is 2. The molecule has 1 aliphatic carbocycles. The number of alkyl halides is 1. The molecule has 1 aromatic heterocycles. The zero-order chi connectivity index (χ0) is 13.1. The van der Waals surface area contributed by atoms with E-state index in [1.54, 1.807) is 0 Å². The second-order valence-corrected chi connectivity index (χ2v) is 5.69. The molecule has 2 amide bonds. The van der Waals surface area contributed by atoms with Gasteiger partial charge in [-0.1, -0.05) is 6.42 Å². The summed E-state index contributed by atoms with van der Waals surface area (Å²) in [4.78, 5) is 24.1. The van der Waals surface area contributed by atoms with Gasteiger partial charge in [-0.3, -0.25) is 9.59 Å². The van der Waals surface area contributed by atoms with Crippen LogP contribution < -0.4 is 11.1 Å². The molecular formula is C12H15ClN2O2S. The average Bonchev–Trinajstić information content (AvgIpc) is 2.51. The molecule has 0 spiro atoms. The van der Waals surface area contributed by atoms with Crippen LogP contribution in [0.2, 0.25) is 0 Å². The molecule has 2 rings (SSSR count). The summed E-state index contributed by atoms with van der Waals surface area (Å²) < 4.78 is 0.